The van der Waals surface area contributed by atoms with Crippen molar-refractivity contribution in [2.75, 3.05) is 18.5 Å². The molecule has 0 radical (unpaired) electrons. The van der Waals surface area contributed by atoms with Gasteiger partial charge in [0.25, 0.3) is 10.0 Å². The first kappa shape index (κ1) is 15.3. The van der Waals surface area contributed by atoms with E-state index in [4.69, 9.17) is 4.74 Å². The Morgan fingerprint density at radius 1 is 1.35 bits per heavy atom. The first-order chi connectivity index (χ1) is 9.32. The van der Waals surface area contributed by atoms with E-state index in [1.165, 1.54) is 11.2 Å². The van der Waals surface area contributed by atoms with Crippen LogP contribution < -0.4 is 5.32 Å². The van der Waals surface area contributed by atoms with E-state index in [0.29, 0.717) is 13.2 Å². The van der Waals surface area contributed by atoms with Crippen molar-refractivity contribution in [1.82, 2.24) is 14.5 Å². The summed E-state index contributed by atoms with van der Waals surface area (Å²) in [5.41, 5.74) is 0. The van der Waals surface area contributed by atoms with Crippen LogP contribution in [0.5, 0.6) is 0 Å². The quantitative estimate of drug-likeness (QED) is 0.804. The third-order valence-electron chi connectivity index (χ3n) is 2.77. The highest BCUT2D eigenvalue weighted by molar-refractivity contribution is 7.91. The van der Waals surface area contributed by atoms with E-state index in [-0.39, 0.29) is 27.5 Å². The van der Waals surface area contributed by atoms with Crippen molar-refractivity contribution in [3.05, 3.63) is 0 Å². The van der Waals surface area contributed by atoms with Gasteiger partial charge in [0.1, 0.15) is 0 Å². The summed E-state index contributed by atoms with van der Waals surface area (Å²) in [6, 6.07) is -0.534. The Kier molecular flexibility index (Phi) is 4.37. The number of carbonyl (C=O) groups is 1. The molecule has 2 rings (SSSR count). The Labute approximate surface area is 121 Å². The number of aromatic nitrogens is 2. The lowest BCUT2D eigenvalue weighted by molar-refractivity contribution is -0.114. The van der Waals surface area contributed by atoms with Crippen LogP contribution in [0.15, 0.2) is 4.34 Å². The van der Waals surface area contributed by atoms with Crippen molar-refractivity contribution in [1.29, 1.82) is 0 Å². The highest BCUT2D eigenvalue weighted by Gasteiger charge is 2.38. The standard InChI is InChI=1S/C10H16N4O4S2/c1-6-4-18-5-7(2)14(6)20(16,17)10-13-12-9(19-10)11-8(3)15/h6-7H,4-5H2,1-3H3,(H,11,12,15). The zero-order valence-electron chi connectivity index (χ0n) is 11.4. The molecule has 1 amide bonds. The number of ether oxygens (including phenoxy) is 1. The molecule has 0 saturated carbocycles. The van der Waals surface area contributed by atoms with E-state index in [1.54, 1.807) is 13.8 Å². The fourth-order valence-electron chi connectivity index (χ4n) is 2.07. The Morgan fingerprint density at radius 2 is 1.95 bits per heavy atom. The number of morpholine rings is 1. The normalized spacial score (nSPS) is 24.6. The number of anilines is 1. The molecule has 10 heteroatoms. The predicted molar refractivity (Wildman–Crippen MR) is 73.0 cm³/mol. The third-order valence-corrected chi connectivity index (χ3v) is 6.09. The fourth-order valence-corrected chi connectivity index (χ4v) is 4.90. The summed E-state index contributed by atoms with van der Waals surface area (Å²) < 4.78 is 31.7. The van der Waals surface area contributed by atoms with Crippen LogP contribution in [0.2, 0.25) is 0 Å². The number of sulfonamides is 1. The van der Waals surface area contributed by atoms with Gasteiger partial charge >= 0.3 is 0 Å². The number of amides is 1. The third kappa shape index (κ3) is 2.97. The molecule has 0 aliphatic carbocycles. The van der Waals surface area contributed by atoms with Crippen molar-refractivity contribution in [2.45, 2.75) is 37.2 Å². The molecular weight excluding hydrogens is 304 g/mol. The maximum Gasteiger partial charge on any atom is 0.273 e. The molecule has 1 N–H and O–H groups in total. The molecule has 0 bridgehead atoms. The highest BCUT2D eigenvalue weighted by Crippen LogP contribution is 2.27. The Balaban J connectivity index is 2.29. The molecule has 0 spiro atoms. The summed E-state index contributed by atoms with van der Waals surface area (Å²) in [6.45, 7) is 5.58. The highest BCUT2D eigenvalue weighted by atomic mass is 32.2. The van der Waals surface area contributed by atoms with Crippen molar-refractivity contribution in [2.24, 2.45) is 0 Å². The molecular formula is C10H16N4O4S2. The molecule has 2 atom stereocenters. The molecule has 2 heterocycles. The number of rotatable bonds is 3. The van der Waals surface area contributed by atoms with Gasteiger partial charge in [0, 0.05) is 19.0 Å². The van der Waals surface area contributed by atoms with Gasteiger partial charge in [-0.25, -0.2) is 8.42 Å². The van der Waals surface area contributed by atoms with E-state index in [9.17, 15) is 13.2 Å². The zero-order chi connectivity index (χ0) is 14.9. The topological polar surface area (TPSA) is 101 Å². The fraction of sp³-hybridized carbons (Fsp3) is 0.700. The minimum absolute atomic E-state index is 0.123. The van der Waals surface area contributed by atoms with Gasteiger partial charge in [-0.2, -0.15) is 4.31 Å². The summed E-state index contributed by atoms with van der Waals surface area (Å²) in [4.78, 5) is 10.9. The van der Waals surface area contributed by atoms with Gasteiger partial charge in [0.2, 0.25) is 15.4 Å². The maximum absolute atomic E-state index is 12.6. The summed E-state index contributed by atoms with van der Waals surface area (Å²) in [6.07, 6.45) is 0. The van der Waals surface area contributed by atoms with Crippen molar-refractivity contribution >= 4 is 32.4 Å². The second-order valence-corrected chi connectivity index (χ2v) is 7.62. The van der Waals surface area contributed by atoms with Crippen LogP contribution in [0.1, 0.15) is 20.8 Å². The smallest absolute Gasteiger partial charge is 0.273 e. The molecule has 1 saturated heterocycles. The minimum Gasteiger partial charge on any atom is -0.378 e. The van der Waals surface area contributed by atoms with Crippen molar-refractivity contribution < 1.29 is 17.9 Å². The van der Waals surface area contributed by atoms with Crippen molar-refractivity contribution in [3.8, 4) is 0 Å². The molecule has 20 heavy (non-hydrogen) atoms. The average Bonchev–Trinajstić information content (AvgIpc) is 2.76. The SMILES string of the molecule is CC(=O)Nc1nnc(S(=O)(=O)N2C(C)COCC2C)s1. The molecule has 8 nitrogen and oxygen atoms in total. The lowest BCUT2D eigenvalue weighted by Gasteiger charge is -2.36. The number of nitrogens with one attached hydrogen (secondary N) is 1. The summed E-state index contributed by atoms with van der Waals surface area (Å²) in [7, 11) is -3.73. The van der Waals surface area contributed by atoms with E-state index in [2.05, 4.69) is 15.5 Å². The lowest BCUT2D eigenvalue weighted by atomic mass is 10.2. The van der Waals surface area contributed by atoms with Gasteiger partial charge in [0.15, 0.2) is 0 Å². The minimum atomic E-state index is -3.73. The van der Waals surface area contributed by atoms with Crippen molar-refractivity contribution in [3.63, 3.8) is 0 Å². The molecule has 1 aliphatic rings. The average molecular weight is 320 g/mol. The Morgan fingerprint density at radius 3 is 2.50 bits per heavy atom. The zero-order valence-corrected chi connectivity index (χ0v) is 13.0. The van der Waals surface area contributed by atoms with Crippen LogP contribution in [0.3, 0.4) is 0 Å². The van der Waals surface area contributed by atoms with Gasteiger partial charge in [-0.15, -0.1) is 10.2 Å². The van der Waals surface area contributed by atoms with Crippen LogP contribution in [0, 0.1) is 0 Å². The van der Waals surface area contributed by atoms with Crippen LogP contribution in [-0.4, -0.2) is 54.1 Å². The van der Waals surface area contributed by atoms with E-state index >= 15 is 0 Å². The van der Waals surface area contributed by atoms with Gasteiger partial charge in [-0.1, -0.05) is 11.3 Å². The monoisotopic (exact) mass is 320 g/mol. The van der Waals surface area contributed by atoms with Crippen LogP contribution in [0.4, 0.5) is 5.13 Å². The van der Waals surface area contributed by atoms with E-state index in [0.717, 1.165) is 11.3 Å². The maximum atomic E-state index is 12.6. The Bertz CT molecular complexity index is 590. The molecule has 1 fully saturated rings. The second kappa shape index (κ2) is 5.72. The number of hydrogen-bond acceptors (Lipinski definition) is 7. The van der Waals surface area contributed by atoms with E-state index < -0.39 is 10.0 Å². The molecule has 1 aromatic rings. The molecule has 2 unspecified atom stereocenters. The van der Waals surface area contributed by atoms with Crippen LogP contribution in [-0.2, 0) is 19.6 Å². The summed E-state index contributed by atoms with van der Waals surface area (Å²) in [5.74, 6) is -0.321. The van der Waals surface area contributed by atoms with E-state index in [1.807, 2.05) is 0 Å². The molecule has 0 aromatic carbocycles. The number of hydrogen-bond donors (Lipinski definition) is 1. The molecule has 1 aromatic heterocycles. The molecule has 112 valence electrons. The van der Waals surface area contributed by atoms with Gasteiger partial charge in [-0.05, 0) is 13.8 Å². The van der Waals surface area contributed by atoms with Gasteiger partial charge < -0.3 is 10.1 Å². The largest absolute Gasteiger partial charge is 0.378 e. The van der Waals surface area contributed by atoms with Crippen LogP contribution >= 0.6 is 11.3 Å². The predicted octanol–water partition coefficient (Wildman–Crippen LogP) is 0.294. The first-order valence-corrected chi connectivity index (χ1v) is 8.30. The summed E-state index contributed by atoms with van der Waals surface area (Å²) in [5, 5.41) is 9.93. The second-order valence-electron chi connectivity index (χ2n) is 4.62. The van der Waals surface area contributed by atoms with Gasteiger partial charge in [0.05, 0.1) is 13.2 Å². The van der Waals surface area contributed by atoms with Crippen LogP contribution in [0.25, 0.3) is 0 Å². The number of carbonyl (C=O) groups excluding carboxylic acids is 1. The number of nitrogens with zero attached hydrogens (tertiary/aromatic N) is 3. The summed E-state index contributed by atoms with van der Waals surface area (Å²) >= 11 is 0.841. The van der Waals surface area contributed by atoms with Gasteiger partial charge in [-0.3, -0.25) is 4.79 Å². The molecule has 1 aliphatic heterocycles. The first-order valence-electron chi connectivity index (χ1n) is 6.04. The Hall–Kier alpha value is -1.10. The lowest BCUT2D eigenvalue weighted by Crippen LogP contribution is -2.52.